The lowest BCUT2D eigenvalue weighted by Crippen LogP contribution is -2.34. The molecule has 5 nitrogen and oxygen atoms in total. The van der Waals surface area contributed by atoms with Gasteiger partial charge in [0.15, 0.2) is 0 Å². The van der Waals surface area contributed by atoms with Gasteiger partial charge < -0.3 is 9.67 Å². The molecule has 2 unspecified atom stereocenters. The maximum absolute atomic E-state index is 10.7. The average Bonchev–Trinajstić information content (AvgIpc) is 2.71. The number of thioether (sulfide) groups is 1. The average molecular weight is 213 g/mol. The summed E-state index contributed by atoms with van der Waals surface area (Å²) in [5.41, 5.74) is 0. The molecule has 0 radical (unpaired) electrons. The Morgan fingerprint density at radius 3 is 3.14 bits per heavy atom. The topological polar surface area (TPSA) is 67.2 Å². The lowest BCUT2D eigenvalue weighted by atomic mass is 10.3. The van der Waals surface area contributed by atoms with Gasteiger partial charge in [0, 0.05) is 25.2 Å². The Morgan fingerprint density at radius 1 is 1.86 bits per heavy atom. The van der Waals surface area contributed by atoms with E-state index in [1.807, 2.05) is 17.8 Å². The number of nitrogens with one attached hydrogen (secondary N) is 1. The van der Waals surface area contributed by atoms with Crippen LogP contribution in [0.1, 0.15) is 11.2 Å². The van der Waals surface area contributed by atoms with Crippen molar-refractivity contribution in [1.29, 1.82) is 0 Å². The second kappa shape index (κ2) is 3.62. The van der Waals surface area contributed by atoms with Crippen LogP contribution in [0.25, 0.3) is 0 Å². The zero-order valence-electron chi connectivity index (χ0n) is 7.67. The first kappa shape index (κ1) is 9.54. The monoisotopic (exact) mass is 213 g/mol. The molecular weight excluding hydrogens is 202 g/mol. The molecule has 1 fully saturated rings. The molecule has 2 rings (SSSR count). The van der Waals surface area contributed by atoms with Crippen molar-refractivity contribution in [2.75, 3.05) is 5.75 Å². The number of carbonyl (C=O) groups is 1. The van der Waals surface area contributed by atoms with Gasteiger partial charge in [0.25, 0.3) is 0 Å². The quantitative estimate of drug-likeness (QED) is 0.735. The number of nitrogens with zero attached hydrogens (tertiary/aromatic N) is 2. The molecule has 1 aliphatic rings. The van der Waals surface area contributed by atoms with Crippen LogP contribution in [0, 0.1) is 0 Å². The Kier molecular flexibility index (Phi) is 2.47. The number of aliphatic carboxylic acids is 1. The number of hydrogen-bond acceptors (Lipinski definition) is 4. The van der Waals surface area contributed by atoms with E-state index in [0.29, 0.717) is 5.75 Å². The third-order valence-corrected chi connectivity index (χ3v) is 3.38. The van der Waals surface area contributed by atoms with E-state index in [1.54, 1.807) is 18.0 Å². The maximum atomic E-state index is 10.7. The summed E-state index contributed by atoms with van der Waals surface area (Å²) in [6.07, 6.45) is 3.57. The molecular formula is C8H11N3O2S. The van der Waals surface area contributed by atoms with Crippen LogP contribution in [0.4, 0.5) is 0 Å². The number of carboxylic acid groups (broad SMARTS) is 1. The van der Waals surface area contributed by atoms with E-state index in [2.05, 4.69) is 10.3 Å². The number of carboxylic acids is 1. The van der Waals surface area contributed by atoms with Gasteiger partial charge in [-0.2, -0.15) is 0 Å². The third kappa shape index (κ3) is 1.62. The summed E-state index contributed by atoms with van der Waals surface area (Å²) in [6, 6.07) is -0.457. The second-order valence-corrected chi connectivity index (χ2v) is 4.31. The van der Waals surface area contributed by atoms with Crippen LogP contribution in [0.5, 0.6) is 0 Å². The summed E-state index contributed by atoms with van der Waals surface area (Å²) >= 11 is 1.58. The van der Waals surface area contributed by atoms with E-state index >= 15 is 0 Å². The van der Waals surface area contributed by atoms with Crippen molar-refractivity contribution in [2.24, 2.45) is 7.05 Å². The van der Waals surface area contributed by atoms with Crippen LogP contribution in [0.2, 0.25) is 0 Å². The van der Waals surface area contributed by atoms with Crippen LogP contribution >= 0.6 is 11.8 Å². The van der Waals surface area contributed by atoms with Crippen LogP contribution in [-0.2, 0) is 11.8 Å². The predicted octanol–water partition coefficient (Wildman–Crippen LogP) is 0.208. The van der Waals surface area contributed by atoms with Crippen molar-refractivity contribution < 1.29 is 9.90 Å². The van der Waals surface area contributed by atoms with Crippen LogP contribution in [0.3, 0.4) is 0 Å². The molecule has 76 valence electrons. The van der Waals surface area contributed by atoms with Crippen LogP contribution in [0.15, 0.2) is 12.4 Å². The van der Waals surface area contributed by atoms with Crippen LogP contribution < -0.4 is 5.32 Å². The van der Waals surface area contributed by atoms with Crippen LogP contribution in [-0.4, -0.2) is 32.4 Å². The van der Waals surface area contributed by atoms with Gasteiger partial charge in [-0.15, -0.1) is 11.8 Å². The minimum absolute atomic E-state index is 0.00361. The highest BCUT2D eigenvalue weighted by Crippen LogP contribution is 2.31. The number of aryl methyl sites for hydroxylation is 1. The first-order valence-electron chi connectivity index (χ1n) is 4.26. The van der Waals surface area contributed by atoms with E-state index < -0.39 is 12.0 Å². The smallest absolute Gasteiger partial charge is 0.321 e. The fraction of sp³-hybridized carbons (Fsp3) is 0.500. The lowest BCUT2D eigenvalue weighted by molar-refractivity contribution is -0.138. The normalized spacial score (nSPS) is 26.6. The Hall–Kier alpha value is -1.01. The van der Waals surface area contributed by atoms with Gasteiger partial charge in [0.05, 0.1) is 0 Å². The summed E-state index contributed by atoms with van der Waals surface area (Å²) in [5, 5.41) is 11.8. The minimum atomic E-state index is -0.797. The number of rotatable bonds is 2. The summed E-state index contributed by atoms with van der Waals surface area (Å²) in [4.78, 5) is 14.9. The van der Waals surface area contributed by atoms with Gasteiger partial charge in [0.1, 0.15) is 17.2 Å². The zero-order chi connectivity index (χ0) is 10.1. The molecule has 1 aliphatic heterocycles. The minimum Gasteiger partial charge on any atom is -0.480 e. The molecule has 2 N–H and O–H groups in total. The van der Waals surface area contributed by atoms with Crippen molar-refractivity contribution >= 4 is 17.7 Å². The van der Waals surface area contributed by atoms with E-state index in [-0.39, 0.29) is 5.37 Å². The van der Waals surface area contributed by atoms with Gasteiger partial charge in [0.2, 0.25) is 0 Å². The largest absolute Gasteiger partial charge is 0.480 e. The molecule has 6 heteroatoms. The summed E-state index contributed by atoms with van der Waals surface area (Å²) in [6.45, 7) is 0. The molecule has 1 aromatic rings. The molecule has 1 aromatic heterocycles. The van der Waals surface area contributed by atoms with Crippen molar-refractivity contribution in [2.45, 2.75) is 11.4 Å². The van der Waals surface area contributed by atoms with E-state index in [0.717, 1.165) is 5.82 Å². The number of imidazole rings is 1. The van der Waals surface area contributed by atoms with E-state index in [9.17, 15) is 4.79 Å². The van der Waals surface area contributed by atoms with Crippen molar-refractivity contribution in [3.05, 3.63) is 18.2 Å². The summed E-state index contributed by atoms with van der Waals surface area (Å²) < 4.78 is 1.90. The Bertz CT molecular complexity index is 352. The molecule has 0 aliphatic carbocycles. The standard InChI is InChI=1S/C8H11N3O2S/c1-11-3-2-9-6(11)7-10-5(4-14-7)8(12)13/h2-3,5,7,10H,4H2,1H3,(H,12,13). The Balaban J connectivity index is 2.10. The zero-order valence-corrected chi connectivity index (χ0v) is 8.49. The molecule has 2 heterocycles. The molecule has 1 saturated heterocycles. The fourth-order valence-corrected chi connectivity index (χ4v) is 2.65. The predicted molar refractivity (Wildman–Crippen MR) is 53.0 cm³/mol. The molecule has 0 spiro atoms. The SMILES string of the molecule is Cn1ccnc1C1NC(C(=O)O)CS1. The first-order chi connectivity index (χ1) is 6.68. The van der Waals surface area contributed by atoms with Crippen molar-refractivity contribution in [3.63, 3.8) is 0 Å². The Morgan fingerprint density at radius 2 is 2.64 bits per heavy atom. The van der Waals surface area contributed by atoms with E-state index in [1.165, 1.54) is 0 Å². The summed E-state index contributed by atoms with van der Waals surface area (Å²) in [7, 11) is 1.90. The van der Waals surface area contributed by atoms with Gasteiger partial charge >= 0.3 is 5.97 Å². The van der Waals surface area contributed by atoms with Gasteiger partial charge in [-0.25, -0.2) is 4.98 Å². The fourth-order valence-electron chi connectivity index (χ4n) is 1.39. The molecule has 14 heavy (non-hydrogen) atoms. The number of aromatic nitrogens is 2. The third-order valence-electron chi connectivity index (χ3n) is 2.17. The highest BCUT2D eigenvalue weighted by Gasteiger charge is 2.32. The van der Waals surface area contributed by atoms with Gasteiger partial charge in [-0.3, -0.25) is 10.1 Å². The molecule has 0 bridgehead atoms. The molecule has 0 aromatic carbocycles. The lowest BCUT2D eigenvalue weighted by Gasteiger charge is -2.10. The number of hydrogen-bond donors (Lipinski definition) is 2. The second-order valence-electron chi connectivity index (χ2n) is 3.17. The highest BCUT2D eigenvalue weighted by molar-refractivity contribution is 7.99. The molecule has 0 amide bonds. The van der Waals surface area contributed by atoms with Gasteiger partial charge in [-0.05, 0) is 0 Å². The van der Waals surface area contributed by atoms with Gasteiger partial charge in [-0.1, -0.05) is 0 Å². The van der Waals surface area contributed by atoms with E-state index in [4.69, 9.17) is 5.11 Å². The first-order valence-corrected chi connectivity index (χ1v) is 5.31. The molecule has 2 atom stereocenters. The Labute approximate surface area is 85.5 Å². The maximum Gasteiger partial charge on any atom is 0.321 e. The summed E-state index contributed by atoms with van der Waals surface area (Å²) in [5.74, 6) is 0.667. The van der Waals surface area contributed by atoms with Crippen molar-refractivity contribution in [3.8, 4) is 0 Å². The highest BCUT2D eigenvalue weighted by atomic mass is 32.2. The molecule has 0 saturated carbocycles. The van der Waals surface area contributed by atoms with Crippen molar-refractivity contribution in [1.82, 2.24) is 14.9 Å².